The van der Waals surface area contributed by atoms with Crippen LogP contribution in [0.5, 0.6) is 5.75 Å². The third-order valence-corrected chi connectivity index (χ3v) is 5.98. The molecule has 6 heteroatoms. The molecular formula is C23H23N3O2S. The molecule has 148 valence electrons. The van der Waals surface area contributed by atoms with Gasteiger partial charge in [-0.1, -0.05) is 48.6 Å². The van der Waals surface area contributed by atoms with Gasteiger partial charge in [0.2, 0.25) is 0 Å². The molecule has 1 amide bonds. The van der Waals surface area contributed by atoms with Gasteiger partial charge in [0.05, 0.1) is 12.0 Å². The number of rotatable bonds is 4. The predicted octanol–water partition coefficient (Wildman–Crippen LogP) is 4.04. The number of thioether (sulfide) groups is 1. The lowest BCUT2D eigenvalue weighted by Crippen LogP contribution is -2.47. The molecule has 29 heavy (non-hydrogen) atoms. The third-order valence-electron chi connectivity index (χ3n) is 4.91. The van der Waals surface area contributed by atoms with Crippen LogP contribution in [0.4, 0.5) is 5.69 Å². The van der Waals surface area contributed by atoms with E-state index in [1.54, 1.807) is 7.11 Å². The molecule has 0 radical (unpaired) electrons. The minimum absolute atomic E-state index is 0.155. The van der Waals surface area contributed by atoms with Crippen molar-refractivity contribution in [3.63, 3.8) is 0 Å². The van der Waals surface area contributed by atoms with Gasteiger partial charge in [-0.25, -0.2) is 0 Å². The Balaban J connectivity index is 1.34. The number of carbonyl (C=O) groups is 1. The molecule has 2 aliphatic heterocycles. The molecule has 1 fully saturated rings. The number of piperazine rings is 1. The van der Waals surface area contributed by atoms with Gasteiger partial charge in [-0.3, -0.25) is 4.79 Å². The van der Waals surface area contributed by atoms with E-state index in [1.165, 1.54) is 11.8 Å². The van der Waals surface area contributed by atoms with Crippen molar-refractivity contribution < 1.29 is 9.53 Å². The fourth-order valence-corrected chi connectivity index (χ4v) is 4.24. The molecule has 2 heterocycles. The maximum atomic E-state index is 12.3. The summed E-state index contributed by atoms with van der Waals surface area (Å²) in [6.07, 6.45) is 5.75. The maximum absolute atomic E-state index is 12.3. The fourth-order valence-electron chi connectivity index (χ4n) is 3.32. The Hall–Kier alpha value is -2.99. The zero-order valence-electron chi connectivity index (χ0n) is 16.3. The zero-order valence-corrected chi connectivity index (χ0v) is 17.1. The highest BCUT2D eigenvalue weighted by molar-refractivity contribution is 8.18. The van der Waals surface area contributed by atoms with E-state index in [4.69, 9.17) is 4.74 Å². The minimum Gasteiger partial charge on any atom is -0.497 e. The molecule has 2 aromatic rings. The number of ether oxygens (including phenoxy) is 1. The standard InChI is InChI=1S/C23H23N3O2S/c1-28-20-11-6-10-19(17-20)25-13-15-26(16-14-25)23-24-22(27)21(29-23)12-5-9-18-7-3-2-4-8-18/h2-12,17H,13-16H2,1H3. The van der Waals surface area contributed by atoms with E-state index in [0.29, 0.717) is 4.91 Å². The van der Waals surface area contributed by atoms with Crippen LogP contribution < -0.4 is 9.64 Å². The molecule has 0 unspecified atom stereocenters. The Labute approximate surface area is 175 Å². The number of hydrogen-bond acceptors (Lipinski definition) is 5. The van der Waals surface area contributed by atoms with Crippen molar-refractivity contribution in [2.75, 3.05) is 38.2 Å². The molecule has 0 spiro atoms. The van der Waals surface area contributed by atoms with Crippen molar-refractivity contribution in [2.45, 2.75) is 0 Å². The summed E-state index contributed by atoms with van der Waals surface area (Å²) in [5, 5.41) is 0.805. The number of allylic oxidation sites excluding steroid dienone is 2. The van der Waals surface area contributed by atoms with E-state index in [9.17, 15) is 4.79 Å². The highest BCUT2D eigenvalue weighted by Gasteiger charge is 2.28. The molecule has 1 saturated heterocycles. The van der Waals surface area contributed by atoms with Crippen molar-refractivity contribution >= 4 is 34.6 Å². The molecule has 2 aliphatic rings. The summed E-state index contributed by atoms with van der Waals surface area (Å²) in [5.74, 6) is 0.711. The molecule has 0 atom stereocenters. The van der Waals surface area contributed by atoms with Crippen LogP contribution in [-0.4, -0.2) is 49.3 Å². The summed E-state index contributed by atoms with van der Waals surface area (Å²) in [5.41, 5.74) is 2.27. The Bertz CT molecular complexity index is 961. The molecule has 4 rings (SSSR count). The number of amides is 1. The second-order valence-corrected chi connectivity index (χ2v) is 7.79. The fraction of sp³-hybridized carbons (Fsp3) is 0.217. The third kappa shape index (κ3) is 4.71. The Kier molecular flexibility index (Phi) is 6.00. The average molecular weight is 406 g/mol. The van der Waals surface area contributed by atoms with Gasteiger partial charge in [0.15, 0.2) is 5.17 Å². The van der Waals surface area contributed by atoms with Gasteiger partial charge in [0, 0.05) is 37.9 Å². The number of aliphatic imine (C=N–C) groups is 1. The summed E-state index contributed by atoms with van der Waals surface area (Å²) in [6, 6.07) is 18.2. The normalized spacial score (nSPS) is 18.6. The summed E-state index contributed by atoms with van der Waals surface area (Å²) < 4.78 is 5.32. The van der Waals surface area contributed by atoms with E-state index in [2.05, 4.69) is 26.9 Å². The van der Waals surface area contributed by atoms with E-state index in [0.717, 1.165) is 48.3 Å². The smallest absolute Gasteiger partial charge is 0.286 e. The number of nitrogens with zero attached hydrogens (tertiary/aromatic N) is 3. The van der Waals surface area contributed by atoms with E-state index >= 15 is 0 Å². The van der Waals surface area contributed by atoms with Crippen LogP contribution >= 0.6 is 11.8 Å². The first kappa shape index (κ1) is 19.3. The Morgan fingerprint density at radius 3 is 2.52 bits per heavy atom. The molecule has 5 nitrogen and oxygen atoms in total. The number of hydrogen-bond donors (Lipinski definition) is 0. The summed E-state index contributed by atoms with van der Waals surface area (Å²) >= 11 is 1.46. The van der Waals surface area contributed by atoms with Crippen molar-refractivity contribution in [1.29, 1.82) is 0 Å². The SMILES string of the molecule is COc1cccc(N2CCN(C3=NC(=O)C(=CC=Cc4ccccc4)S3)CC2)c1. The van der Waals surface area contributed by atoms with Gasteiger partial charge >= 0.3 is 0 Å². The highest BCUT2D eigenvalue weighted by Crippen LogP contribution is 2.30. The monoisotopic (exact) mass is 405 g/mol. The first-order valence-electron chi connectivity index (χ1n) is 9.61. The lowest BCUT2D eigenvalue weighted by molar-refractivity contribution is -0.113. The summed E-state index contributed by atoms with van der Waals surface area (Å²) in [6.45, 7) is 3.44. The van der Waals surface area contributed by atoms with Crippen molar-refractivity contribution in [3.8, 4) is 5.75 Å². The quantitative estimate of drug-likeness (QED) is 0.719. The van der Waals surface area contributed by atoms with Crippen molar-refractivity contribution in [3.05, 3.63) is 77.2 Å². The molecule has 0 N–H and O–H groups in total. The van der Waals surface area contributed by atoms with Crippen LogP contribution in [0.25, 0.3) is 6.08 Å². The van der Waals surface area contributed by atoms with Crippen molar-refractivity contribution in [1.82, 2.24) is 4.90 Å². The second kappa shape index (κ2) is 9.01. The van der Waals surface area contributed by atoms with Crippen LogP contribution in [-0.2, 0) is 4.79 Å². The number of benzene rings is 2. The topological polar surface area (TPSA) is 45.1 Å². The van der Waals surface area contributed by atoms with Gasteiger partial charge in [-0.05, 0) is 35.5 Å². The van der Waals surface area contributed by atoms with E-state index in [-0.39, 0.29) is 5.91 Å². The molecule has 0 aromatic heterocycles. The summed E-state index contributed by atoms with van der Waals surface area (Å²) in [7, 11) is 1.68. The van der Waals surface area contributed by atoms with Gasteiger partial charge in [-0.15, -0.1) is 0 Å². The Morgan fingerprint density at radius 2 is 1.76 bits per heavy atom. The van der Waals surface area contributed by atoms with Gasteiger partial charge in [0.1, 0.15) is 5.75 Å². The number of methoxy groups -OCH3 is 1. The van der Waals surface area contributed by atoms with E-state index in [1.807, 2.05) is 60.7 Å². The summed E-state index contributed by atoms with van der Waals surface area (Å²) in [4.78, 5) is 21.7. The molecule has 0 bridgehead atoms. The van der Waals surface area contributed by atoms with Crippen LogP contribution in [0, 0.1) is 0 Å². The van der Waals surface area contributed by atoms with E-state index < -0.39 is 0 Å². The first-order valence-corrected chi connectivity index (χ1v) is 10.4. The second-order valence-electron chi connectivity index (χ2n) is 6.78. The number of amidine groups is 1. The van der Waals surface area contributed by atoms with Crippen LogP contribution in [0.3, 0.4) is 0 Å². The highest BCUT2D eigenvalue weighted by atomic mass is 32.2. The number of carbonyl (C=O) groups excluding carboxylic acids is 1. The number of anilines is 1. The minimum atomic E-state index is -0.155. The predicted molar refractivity (Wildman–Crippen MR) is 120 cm³/mol. The zero-order chi connectivity index (χ0) is 20.1. The molecular weight excluding hydrogens is 382 g/mol. The largest absolute Gasteiger partial charge is 0.497 e. The lowest BCUT2D eigenvalue weighted by atomic mass is 10.2. The van der Waals surface area contributed by atoms with Gasteiger partial charge in [-0.2, -0.15) is 4.99 Å². The molecule has 0 saturated carbocycles. The maximum Gasteiger partial charge on any atom is 0.286 e. The molecule has 0 aliphatic carbocycles. The van der Waals surface area contributed by atoms with Crippen LogP contribution in [0.15, 0.2) is 76.6 Å². The van der Waals surface area contributed by atoms with Gasteiger partial charge < -0.3 is 14.5 Å². The van der Waals surface area contributed by atoms with Crippen LogP contribution in [0.1, 0.15) is 5.56 Å². The van der Waals surface area contributed by atoms with Gasteiger partial charge in [0.25, 0.3) is 5.91 Å². The first-order chi connectivity index (χ1) is 14.2. The van der Waals surface area contributed by atoms with Crippen LogP contribution in [0.2, 0.25) is 0 Å². The lowest BCUT2D eigenvalue weighted by Gasteiger charge is -2.36. The van der Waals surface area contributed by atoms with Crippen molar-refractivity contribution in [2.24, 2.45) is 4.99 Å². The average Bonchev–Trinajstić information content (AvgIpc) is 3.15. The molecule has 2 aromatic carbocycles. The Morgan fingerprint density at radius 1 is 1.00 bits per heavy atom.